The topological polar surface area (TPSA) is 85.5 Å². The van der Waals surface area contributed by atoms with Gasteiger partial charge in [-0.2, -0.15) is 5.10 Å². The van der Waals surface area contributed by atoms with E-state index in [1.807, 2.05) is 5.01 Å². The van der Waals surface area contributed by atoms with Crippen LogP contribution in [-0.2, 0) is 4.74 Å². The number of hydrazone groups is 1. The number of nitrogens with zero attached hydrogens (tertiary/aromatic N) is 2. The maximum atomic E-state index is 9.31. The summed E-state index contributed by atoms with van der Waals surface area (Å²) in [6, 6.07) is 2.66. The van der Waals surface area contributed by atoms with Crippen LogP contribution in [0, 0.1) is 0 Å². The Morgan fingerprint density at radius 2 is 1.71 bits per heavy atom. The van der Waals surface area contributed by atoms with Gasteiger partial charge in [0.2, 0.25) is 0 Å². The Morgan fingerprint density at radius 3 is 2.29 bits per heavy atom. The summed E-state index contributed by atoms with van der Waals surface area (Å²) in [6.45, 7) is 2.71. The van der Waals surface area contributed by atoms with Gasteiger partial charge in [-0.25, -0.2) is 0 Å². The second kappa shape index (κ2) is 4.92. The van der Waals surface area contributed by atoms with Crippen LogP contribution in [0.5, 0.6) is 17.2 Å². The summed E-state index contributed by atoms with van der Waals surface area (Å²) >= 11 is 0. The molecule has 92 valence electrons. The van der Waals surface area contributed by atoms with E-state index in [0.717, 1.165) is 0 Å². The first-order valence-electron chi connectivity index (χ1n) is 5.28. The highest BCUT2D eigenvalue weighted by molar-refractivity contribution is 5.82. The highest BCUT2D eigenvalue weighted by Gasteiger charge is 2.08. The van der Waals surface area contributed by atoms with Crippen molar-refractivity contribution in [3.05, 3.63) is 17.7 Å². The molecule has 0 unspecified atom stereocenters. The van der Waals surface area contributed by atoms with Crippen molar-refractivity contribution < 1.29 is 20.1 Å². The minimum atomic E-state index is -0.520. The van der Waals surface area contributed by atoms with Crippen LogP contribution in [0.1, 0.15) is 5.56 Å². The Labute approximate surface area is 98.4 Å². The first kappa shape index (κ1) is 11.5. The molecule has 1 fully saturated rings. The van der Waals surface area contributed by atoms with Gasteiger partial charge in [-0.05, 0) is 12.1 Å². The number of rotatable bonds is 2. The fourth-order valence-corrected chi connectivity index (χ4v) is 1.52. The van der Waals surface area contributed by atoms with E-state index in [1.54, 1.807) is 0 Å². The quantitative estimate of drug-likeness (QED) is 0.515. The van der Waals surface area contributed by atoms with Crippen molar-refractivity contribution in [1.82, 2.24) is 5.01 Å². The normalized spacial score (nSPS) is 16.6. The molecule has 0 amide bonds. The molecule has 0 spiro atoms. The lowest BCUT2D eigenvalue weighted by atomic mass is 10.2. The molecule has 6 nitrogen and oxygen atoms in total. The van der Waals surface area contributed by atoms with E-state index >= 15 is 0 Å². The number of hydrogen-bond acceptors (Lipinski definition) is 6. The molecule has 1 aliphatic heterocycles. The van der Waals surface area contributed by atoms with E-state index in [2.05, 4.69) is 5.10 Å². The number of aromatic hydroxyl groups is 3. The van der Waals surface area contributed by atoms with E-state index in [4.69, 9.17) is 4.74 Å². The molecule has 0 aromatic heterocycles. The van der Waals surface area contributed by atoms with Gasteiger partial charge in [0, 0.05) is 5.56 Å². The van der Waals surface area contributed by atoms with Crippen molar-refractivity contribution in [1.29, 1.82) is 0 Å². The zero-order valence-electron chi connectivity index (χ0n) is 9.20. The van der Waals surface area contributed by atoms with Gasteiger partial charge in [0.05, 0.1) is 32.5 Å². The van der Waals surface area contributed by atoms with Crippen molar-refractivity contribution in [3.8, 4) is 17.2 Å². The lowest BCUT2D eigenvalue weighted by Gasteiger charge is -2.23. The number of ether oxygens (including phenoxy) is 1. The van der Waals surface area contributed by atoms with Crippen LogP contribution in [-0.4, -0.2) is 52.8 Å². The summed E-state index contributed by atoms with van der Waals surface area (Å²) < 4.78 is 5.18. The molecular weight excluding hydrogens is 224 g/mol. The number of phenols is 3. The van der Waals surface area contributed by atoms with Crippen LogP contribution in [0.3, 0.4) is 0 Å². The molecule has 1 heterocycles. The van der Waals surface area contributed by atoms with Crippen molar-refractivity contribution in [2.75, 3.05) is 26.3 Å². The Balaban J connectivity index is 2.10. The second-order valence-corrected chi connectivity index (χ2v) is 3.72. The van der Waals surface area contributed by atoms with Gasteiger partial charge in [-0.3, -0.25) is 5.01 Å². The summed E-state index contributed by atoms with van der Waals surface area (Å²) in [4.78, 5) is 0. The smallest absolute Gasteiger partial charge is 0.200 e. The highest BCUT2D eigenvalue weighted by atomic mass is 16.5. The molecule has 1 saturated heterocycles. The first-order valence-corrected chi connectivity index (χ1v) is 5.28. The number of hydrogen-bond donors (Lipinski definition) is 3. The number of morpholine rings is 1. The standard InChI is InChI=1S/C11H14N2O4/c14-9-5-8(6-10(15)11(9)16)7-12-13-1-3-17-4-2-13/h5-7,14-16H,1-4H2/b12-7-. The van der Waals surface area contributed by atoms with E-state index in [1.165, 1.54) is 18.3 Å². The van der Waals surface area contributed by atoms with Crippen LogP contribution in [0.15, 0.2) is 17.2 Å². The number of benzene rings is 1. The summed E-state index contributed by atoms with van der Waals surface area (Å²) in [5.41, 5.74) is 0.518. The molecular formula is C11H14N2O4. The van der Waals surface area contributed by atoms with Gasteiger partial charge in [0.15, 0.2) is 17.2 Å². The fraction of sp³-hybridized carbons (Fsp3) is 0.364. The summed E-state index contributed by atoms with van der Waals surface area (Å²) in [5, 5.41) is 33.8. The summed E-state index contributed by atoms with van der Waals surface area (Å²) in [5.74, 6) is -1.25. The highest BCUT2D eigenvalue weighted by Crippen LogP contribution is 2.34. The average Bonchev–Trinajstić information content (AvgIpc) is 2.34. The summed E-state index contributed by atoms with van der Waals surface area (Å²) in [7, 11) is 0. The van der Waals surface area contributed by atoms with Crippen LogP contribution in [0.2, 0.25) is 0 Å². The van der Waals surface area contributed by atoms with Gasteiger partial charge in [0.25, 0.3) is 0 Å². The molecule has 1 aliphatic rings. The Bertz CT molecular complexity index is 404. The lowest BCUT2D eigenvalue weighted by Crippen LogP contribution is -2.32. The molecule has 0 radical (unpaired) electrons. The van der Waals surface area contributed by atoms with E-state index in [-0.39, 0.29) is 11.5 Å². The van der Waals surface area contributed by atoms with Crippen molar-refractivity contribution in [2.45, 2.75) is 0 Å². The van der Waals surface area contributed by atoms with Crippen molar-refractivity contribution in [3.63, 3.8) is 0 Å². The second-order valence-electron chi connectivity index (χ2n) is 3.72. The van der Waals surface area contributed by atoms with Crippen LogP contribution in [0.25, 0.3) is 0 Å². The third-order valence-corrected chi connectivity index (χ3v) is 2.45. The maximum absolute atomic E-state index is 9.31. The minimum Gasteiger partial charge on any atom is -0.504 e. The Morgan fingerprint density at radius 1 is 1.12 bits per heavy atom. The van der Waals surface area contributed by atoms with Crippen LogP contribution >= 0.6 is 0 Å². The predicted molar refractivity (Wildman–Crippen MR) is 61.4 cm³/mol. The average molecular weight is 238 g/mol. The molecule has 2 rings (SSSR count). The van der Waals surface area contributed by atoms with Crippen LogP contribution < -0.4 is 0 Å². The van der Waals surface area contributed by atoms with E-state index in [9.17, 15) is 15.3 Å². The first-order chi connectivity index (χ1) is 8.16. The van der Waals surface area contributed by atoms with Gasteiger partial charge >= 0.3 is 0 Å². The van der Waals surface area contributed by atoms with Gasteiger partial charge in [0.1, 0.15) is 0 Å². The lowest BCUT2D eigenvalue weighted by molar-refractivity contribution is 0.0397. The van der Waals surface area contributed by atoms with Gasteiger partial charge in [-0.1, -0.05) is 0 Å². The predicted octanol–water partition coefficient (Wildman–Crippen LogP) is 0.469. The molecule has 3 N–H and O–H groups in total. The van der Waals surface area contributed by atoms with E-state index < -0.39 is 5.75 Å². The summed E-state index contributed by atoms with van der Waals surface area (Å²) in [6.07, 6.45) is 1.52. The maximum Gasteiger partial charge on any atom is 0.200 e. The molecule has 17 heavy (non-hydrogen) atoms. The Kier molecular flexibility index (Phi) is 3.34. The molecule has 0 bridgehead atoms. The van der Waals surface area contributed by atoms with E-state index in [0.29, 0.717) is 31.9 Å². The zero-order valence-corrected chi connectivity index (χ0v) is 9.20. The fourth-order valence-electron chi connectivity index (χ4n) is 1.52. The minimum absolute atomic E-state index is 0.367. The Hall–Kier alpha value is -1.95. The van der Waals surface area contributed by atoms with Crippen LogP contribution in [0.4, 0.5) is 0 Å². The SMILES string of the molecule is Oc1cc(/C=N\N2CCOCC2)cc(O)c1O. The molecule has 1 aromatic carbocycles. The van der Waals surface area contributed by atoms with Crippen molar-refractivity contribution >= 4 is 6.21 Å². The molecule has 0 aliphatic carbocycles. The zero-order chi connectivity index (χ0) is 12.3. The molecule has 1 aromatic rings. The van der Waals surface area contributed by atoms with Crippen molar-refractivity contribution in [2.24, 2.45) is 5.10 Å². The number of phenolic OH excluding ortho intramolecular Hbond substituents is 3. The van der Waals surface area contributed by atoms with Gasteiger partial charge < -0.3 is 20.1 Å². The van der Waals surface area contributed by atoms with Gasteiger partial charge in [-0.15, -0.1) is 0 Å². The molecule has 0 saturated carbocycles. The molecule has 6 heteroatoms. The monoisotopic (exact) mass is 238 g/mol. The third-order valence-electron chi connectivity index (χ3n) is 2.45. The molecule has 0 atom stereocenters. The largest absolute Gasteiger partial charge is 0.504 e. The third kappa shape index (κ3) is 2.79.